The number of fused-ring (bicyclic) bond motifs is 1. The van der Waals surface area contributed by atoms with E-state index in [1.165, 1.54) is 5.56 Å². The maximum atomic E-state index is 12.9. The van der Waals surface area contributed by atoms with Crippen molar-refractivity contribution < 1.29 is 8.42 Å². The summed E-state index contributed by atoms with van der Waals surface area (Å²) < 4.78 is 30.4. The average molecular weight is 475 g/mol. The molecule has 0 unspecified atom stereocenters. The lowest BCUT2D eigenvalue weighted by Crippen LogP contribution is -2.31. The number of aromatic nitrogens is 2. The molecule has 5 rings (SSSR count). The highest BCUT2D eigenvalue weighted by Gasteiger charge is 2.26. The Labute approximate surface area is 200 Å². The second-order valence-corrected chi connectivity index (χ2v) is 11.1. The lowest BCUT2D eigenvalue weighted by atomic mass is 9.80. The van der Waals surface area contributed by atoms with Gasteiger partial charge in [-0.1, -0.05) is 48.0 Å². The smallest absolute Gasteiger partial charge is 0.240 e. The van der Waals surface area contributed by atoms with E-state index in [0.29, 0.717) is 29.1 Å². The summed E-state index contributed by atoms with van der Waals surface area (Å²) in [5, 5.41) is 6.75. The molecule has 1 heterocycles. The highest BCUT2D eigenvalue weighted by atomic mass is 32.2. The summed E-state index contributed by atoms with van der Waals surface area (Å²) in [4.78, 5) is 0.317. The molecule has 0 bridgehead atoms. The van der Waals surface area contributed by atoms with E-state index in [2.05, 4.69) is 23.8 Å². The van der Waals surface area contributed by atoms with Crippen LogP contribution in [-0.2, 0) is 10.0 Å². The van der Waals surface area contributed by atoms with Gasteiger partial charge in [-0.25, -0.2) is 17.8 Å². The summed E-state index contributed by atoms with van der Waals surface area (Å²) in [7, 11) is -3.54. The zero-order valence-corrected chi connectivity index (χ0v) is 20.1. The predicted molar refractivity (Wildman–Crippen MR) is 137 cm³/mol. The molecule has 3 N–H and O–H groups in total. The van der Waals surface area contributed by atoms with Gasteiger partial charge in [-0.2, -0.15) is 5.10 Å². The highest BCUT2D eigenvalue weighted by molar-refractivity contribution is 7.89. The molecule has 34 heavy (non-hydrogen) atoms. The molecule has 6 nitrogen and oxygen atoms in total. The van der Waals surface area contributed by atoms with Crippen molar-refractivity contribution in [3.05, 3.63) is 84.1 Å². The Hall–Kier alpha value is -3.16. The van der Waals surface area contributed by atoms with E-state index in [0.717, 1.165) is 47.8 Å². The number of aryl methyl sites for hydroxylation is 1. The van der Waals surface area contributed by atoms with E-state index >= 15 is 0 Å². The molecular weight excluding hydrogens is 444 g/mol. The fourth-order valence-electron chi connectivity index (χ4n) is 4.81. The fourth-order valence-corrected chi connectivity index (χ4v) is 5.97. The van der Waals surface area contributed by atoms with Gasteiger partial charge in [-0.15, -0.1) is 0 Å². The highest BCUT2D eigenvalue weighted by Crippen LogP contribution is 2.36. The topological polar surface area (TPSA) is 90.0 Å². The summed E-state index contributed by atoms with van der Waals surface area (Å²) >= 11 is 0. The molecule has 1 fully saturated rings. The summed E-state index contributed by atoms with van der Waals surface area (Å²) in [6, 6.07) is 23.2. The normalized spacial score (nSPS) is 18.9. The summed E-state index contributed by atoms with van der Waals surface area (Å²) in [5.41, 5.74) is 9.44. The second-order valence-electron chi connectivity index (χ2n) is 9.32. The molecular formula is C27H30N4O2S. The van der Waals surface area contributed by atoms with Crippen molar-refractivity contribution in [3.63, 3.8) is 0 Å². The number of hydrogen-bond acceptors (Lipinski definition) is 4. The van der Waals surface area contributed by atoms with Crippen LogP contribution in [0.3, 0.4) is 0 Å². The molecule has 0 saturated heterocycles. The number of sulfonamides is 1. The van der Waals surface area contributed by atoms with Crippen LogP contribution >= 0.6 is 0 Å². The van der Waals surface area contributed by atoms with Gasteiger partial charge in [0, 0.05) is 18.5 Å². The number of nitrogens with zero attached hydrogens (tertiary/aromatic N) is 2. The molecule has 1 aromatic heterocycles. The van der Waals surface area contributed by atoms with Crippen molar-refractivity contribution in [1.29, 1.82) is 0 Å². The van der Waals surface area contributed by atoms with Gasteiger partial charge in [0.25, 0.3) is 0 Å². The van der Waals surface area contributed by atoms with Crippen LogP contribution < -0.4 is 10.5 Å². The minimum Gasteiger partial charge on any atom is -0.384 e. The molecule has 0 aliphatic heterocycles. The second kappa shape index (κ2) is 9.24. The van der Waals surface area contributed by atoms with Crippen molar-refractivity contribution in [2.24, 2.45) is 5.92 Å². The molecule has 0 amide bonds. The van der Waals surface area contributed by atoms with Gasteiger partial charge in [0.2, 0.25) is 10.0 Å². The van der Waals surface area contributed by atoms with E-state index < -0.39 is 10.0 Å². The molecule has 0 radical (unpaired) electrons. The summed E-state index contributed by atoms with van der Waals surface area (Å²) in [6.45, 7) is 2.52. The number of benzene rings is 3. The van der Waals surface area contributed by atoms with Crippen molar-refractivity contribution in [1.82, 2.24) is 14.5 Å². The third-order valence-electron chi connectivity index (χ3n) is 6.89. The average Bonchev–Trinajstić information content (AvgIpc) is 3.25. The van der Waals surface area contributed by atoms with Gasteiger partial charge < -0.3 is 5.73 Å². The van der Waals surface area contributed by atoms with Crippen molar-refractivity contribution in [2.75, 3.05) is 12.3 Å². The largest absolute Gasteiger partial charge is 0.384 e. The standard InChI is InChI=1S/C27H30N4O2S/c1-19-6-13-24(14-7-19)31-27(28)17-26(30-31)22-10-8-20(9-11-22)18-29-34(32,33)25-15-12-21-4-2-3-5-23(21)16-25/h2-7,12-17,20,22,29H,8-11,18,28H2,1H3. The van der Waals surface area contributed by atoms with E-state index in [1.807, 2.05) is 48.5 Å². The van der Waals surface area contributed by atoms with Crippen LogP contribution in [0.5, 0.6) is 0 Å². The lowest BCUT2D eigenvalue weighted by Gasteiger charge is -2.27. The Morgan fingerprint density at radius 2 is 1.65 bits per heavy atom. The lowest BCUT2D eigenvalue weighted by molar-refractivity contribution is 0.322. The number of hydrogen-bond donors (Lipinski definition) is 2. The molecule has 7 heteroatoms. The first kappa shape index (κ1) is 22.6. The Bertz CT molecular complexity index is 1400. The molecule has 176 valence electrons. The van der Waals surface area contributed by atoms with E-state index in [9.17, 15) is 8.42 Å². The number of nitrogens with two attached hydrogens (primary N) is 1. The zero-order chi connectivity index (χ0) is 23.7. The molecule has 4 aromatic rings. The first-order chi connectivity index (χ1) is 16.4. The van der Waals surface area contributed by atoms with Crippen LogP contribution in [-0.4, -0.2) is 24.7 Å². The van der Waals surface area contributed by atoms with Gasteiger partial charge in [0.15, 0.2) is 0 Å². The van der Waals surface area contributed by atoms with Crippen LogP contribution in [0.1, 0.15) is 42.9 Å². The Morgan fingerprint density at radius 3 is 2.38 bits per heavy atom. The molecule has 1 aliphatic rings. The fraction of sp³-hybridized carbons (Fsp3) is 0.296. The molecule has 1 aliphatic carbocycles. The van der Waals surface area contributed by atoms with Gasteiger partial charge in [-0.05, 0) is 73.6 Å². The molecule has 1 saturated carbocycles. The molecule has 0 atom stereocenters. The van der Waals surface area contributed by atoms with Gasteiger partial charge in [-0.3, -0.25) is 0 Å². The van der Waals surface area contributed by atoms with Crippen molar-refractivity contribution in [2.45, 2.75) is 43.4 Å². The Balaban J connectivity index is 1.19. The van der Waals surface area contributed by atoms with E-state index in [1.54, 1.807) is 16.8 Å². The van der Waals surface area contributed by atoms with Crippen LogP contribution in [0.15, 0.2) is 77.7 Å². The Kier molecular flexibility index (Phi) is 6.15. The minimum absolute atomic E-state index is 0.317. The van der Waals surface area contributed by atoms with Crippen LogP contribution in [0.25, 0.3) is 16.5 Å². The van der Waals surface area contributed by atoms with E-state index in [-0.39, 0.29) is 0 Å². The quantitative estimate of drug-likeness (QED) is 0.403. The van der Waals surface area contributed by atoms with Crippen LogP contribution in [0.4, 0.5) is 5.82 Å². The zero-order valence-electron chi connectivity index (χ0n) is 19.3. The Morgan fingerprint density at radius 1 is 0.941 bits per heavy atom. The van der Waals surface area contributed by atoms with Gasteiger partial charge >= 0.3 is 0 Å². The summed E-state index contributed by atoms with van der Waals surface area (Å²) in [5.74, 6) is 1.31. The van der Waals surface area contributed by atoms with Crippen molar-refractivity contribution >= 4 is 26.6 Å². The maximum absolute atomic E-state index is 12.9. The molecule has 3 aromatic carbocycles. The number of anilines is 1. The number of rotatable bonds is 6. The number of nitrogen functional groups attached to an aromatic ring is 1. The first-order valence-electron chi connectivity index (χ1n) is 11.8. The molecule has 0 spiro atoms. The third kappa shape index (κ3) is 4.72. The van der Waals surface area contributed by atoms with E-state index in [4.69, 9.17) is 10.8 Å². The van der Waals surface area contributed by atoms with Crippen LogP contribution in [0.2, 0.25) is 0 Å². The number of nitrogens with one attached hydrogen (secondary N) is 1. The SMILES string of the molecule is Cc1ccc(-n2nc(C3CCC(CNS(=O)(=O)c4ccc5ccccc5c4)CC3)cc2N)cc1. The predicted octanol–water partition coefficient (Wildman–Crippen LogP) is 5.17. The third-order valence-corrected chi connectivity index (χ3v) is 8.31. The van der Waals surface area contributed by atoms with Gasteiger partial charge in [0.05, 0.1) is 16.3 Å². The summed E-state index contributed by atoms with van der Waals surface area (Å²) in [6.07, 6.45) is 3.88. The van der Waals surface area contributed by atoms with Crippen LogP contribution in [0, 0.1) is 12.8 Å². The minimum atomic E-state index is -3.54. The monoisotopic (exact) mass is 474 g/mol. The van der Waals surface area contributed by atoms with Gasteiger partial charge in [0.1, 0.15) is 5.82 Å². The van der Waals surface area contributed by atoms with Crippen molar-refractivity contribution in [3.8, 4) is 5.69 Å². The first-order valence-corrected chi connectivity index (χ1v) is 13.3. The maximum Gasteiger partial charge on any atom is 0.240 e.